The van der Waals surface area contributed by atoms with E-state index in [4.69, 9.17) is 75.8 Å². The predicted octanol–water partition coefficient (Wildman–Crippen LogP) is 5.95. The van der Waals surface area contributed by atoms with Gasteiger partial charge in [-0.05, 0) is 89.0 Å². The monoisotopic (exact) mass is 1380 g/mol. The van der Waals surface area contributed by atoms with Gasteiger partial charge in [-0.25, -0.2) is 0 Å². The fraction of sp³-hybridized carbons (Fsp3) is 0.400. The van der Waals surface area contributed by atoms with Gasteiger partial charge in [0.1, 0.15) is 98.9 Å². The second kappa shape index (κ2) is 39.5. The van der Waals surface area contributed by atoms with Gasteiger partial charge in [0, 0.05) is 51.4 Å². The molecule has 0 N–H and O–H groups in total. The molecule has 4 aliphatic heterocycles. The molecule has 0 saturated heterocycles. The molecule has 0 atom stereocenters. The van der Waals surface area contributed by atoms with E-state index in [0.29, 0.717) is 210 Å². The number of benzene rings is 8. The summed E-state index contributed by atoms with van der Waals surface area (Å²) in [5.41, 5.74) is 16.3. The van der Waals surface area contributed by atoms with Crippen molar-refractivity contribution in [2.24, 2.45) is 0 Å². The molecule has 8 aromatic carbocycles. The standard InChI is InChI=1S/C80H88O16.2K/c1-9-57-49-65-17-5-19-67-51-59-11-2-12-60-52-68-20-6-18-66(50-58(10-1)73(57)89-41-33-83-29-25-81-26-30-84-34-42-90-74(59)60)78(68)94-46-38-88-40-48-96-80-70-22-8-24-72(80)56-64-16-4-15-63-55-71-23-7-21-69(79(71)95-47-39-87-37-45-93-77(65)67)53-61-13-3-14-62(54-70)75(61)91-43-35-85-31-27-82-28-32-86-36-44-92-76(63)64;;/h1-24H,25-56H2;;/q;2*+1. The first-order chi connectivity index (χ1) is 47.7. The fourth-order valence-electron chi connectivity index (χ4n) is 13.4. The Bertz CT molecular complexity index is 3180. The first-order valence-corrected chi connectivity index (χ1v) is 34.2. The van der Waals surface area contributed by atoms with Gasteiger partial charge >= 0.3 is 103 Å². The molecule has 0 aromatic heterocycles. The van der Waals surface area contributed by atoms with Crippen LogP contribution >= 0.6 is 0 Å². The minimum atomic E-state index is 0. The van der Waals surface area contributed by atoms with E-state index in [2.05, 4.69) is 146 Å². The summed E-state index contributed by atoms with van der Waals surface area (Å²) in [6, 6.07) is 51.5. The summed E-state index contributed by atoms with van der Waals surface area (Å²) in [5, 5.41) is 0. The first kappa shape index (κ1) is 74.3. The molecule has 0 radical (unpaired) electrons. The Morgan fingerprint density at radius 1 is 0.133 bits per heavy atom. The Hall–Kier alpha value is -4.89. The Morgan fingerprint density at radius 2 is 0.224 bits per heavy atom. The van der Waals surface area contributed by atoms with Crippen LogP contribution in [-0.4, -0.2) is 159 Å². The smallest absolute Gasteiger partial charge is 0.491 e. The maximum Gasteiger partial charge on any atom is 1.00 e. The van der Waals surface area contributed by atoms with Crippen LogP contribution in [0.15, 0.2) is 146 Å². The van der Waals surface area contributed by atoms with Gasteiger partial charge < -0.3 is 75.8 Å². The minimum Gasteiger partial charge on any atom is -0.491 e. The topological polar surface area (TPSA) is 148 Å². The van der Waals surface area contributed by atoms with Crippen LogP contribution in [0.25, 0.3) is 0 Å². The van der Waals surface area contributed by atoms with E-state index in [9.17, 15) is 0 Å². The maximum absolute atomic E-state index is 7.03. The van der Waals surface area contributed by atoms with Crippen molar-refractivity contribution in [3.63, 3.8) is 0 Å². The largest absolute Gasteiger partial charge is 1.00 e. The molecular formula is C80H88K2O16+2. The van der Waals surface area contributed by atoms with Gasteiger partial charge in [0.25, 0.3) is 0 Å². The SMILES string of the molecule is [K+].[K+].c1cc2c3c(c1)Cc1cccc4c1OCCOCCOc1c5cccc1Cc1cccc6c1OCCOCCOCCOCCOc1c(cccc1C5)Cc1cccc(c1OCCOCCOc1c(cccc1Cc1cccc(c1OCCOCCOCCOCCO3)C4)C2)C6. The number of hydrogen-bond acceptors (Lipinski definition) is 16. The molecule has 0 amide bonds. The minimum absolute atomic E-state index is 0. The van der Waals surface area contributed by atoms with Crippen molar-refractivity contribution < 1.29 is 179 Å². The average Bonchev–Trinajstić information content (AvgIpc) is 0.799. The zero-order valence-electron chi connectivity index (χ0n) is 57.0. The van der Waals surface area contributed by atoms with Crippen LogP contribution in [-0.2, 0) is 89.3 Å². The summed E-state index contributed by atoms with van der Waals surface area (Å²) in [6.07, 6.45) is 4.25. The summed E-state index contributed by atoms with van der Waals surface area (Å²) >= 11 is 0. The van der Waals surface area contributed by atoms with Crippen LogP contribution in [0.3, 0.4) is 0 Å². The summed E-state index contributed by atoms with van der Waals surface area (Å²) in [5.74, 6) is 6.43. The van der Waals surface area contributed by atoms with Crippen molar-refractivity contribution in [1.29, 1.82) is 0 Å². The van der Waals surface area contributed by atoms with Gasteiger partial charge in [-0.3, -0.25) is 0 Å². The molecular weight excluding hydrogens is 1300 g/mol. The van der Waals surface area contributed by atoms with Gasteiger partial charge in [0.15, 0.2) is 0 Å². The predicted molar refractivity (Wildman–Crippen MR) is 364 cm³/mol. The molecule has 6 aliphatic rings. The molecule has 98 heavy (non-hydrogen) atoms. The third-order valence-corrected chi connectivity index (χ3v) is 17.8. The van der Waals surface area contributed by atoms with Crippen molar-refractivity contribution in [3.8, 4) is 46.0 Å². The molecule has 24 bridgehead atoms. The van der Waals surface area contributed by atoms with Gasteiger partial charge in [-0.15, -0.1) is 0 Å². The third-order valence-electron chi connectivity index (χ3n) is 17.8. The summed E-state index contributed by atoms with van der Waals surface area (Å²) in [7, 11) is 0. The van der Waals surface area contributed by atoms with Crippen molar-refractivity contribution >= 4 is 0 Å². The van der Waals surface area contributed by atoms with Gasteiger partial charge in [-0.2, -0.15) is 0 Å². The molecule has 0 fully saturated rings. The molecule has 4 heterocycles. The van der Waals surface area contributed by atoms with Crippen LogP contribution in [0, 0.1) is 0 Å². The van der Waals surface area contributed by atoms with Crippen LogP contribution < -0.4 is 141 Å². The van der Waals surface area contributed by atoms with E-state index in [0.717, 1.165) is 135 Å². The summed E-state index contributed by atoms with van der Waals surface area (Å²) in [4.78, 5) is 0. The molecule has 0 unspecified atom stereocenters. The van der Waals surface area contributed by atoms with Crippen molar-refractivity contribution in [2.45, 2.75) is 51.4 Å². The van der Waals surface area contributed by atoms with Crippen molar-refractivity contribution in [3.05, 3.63) is 235 Å². The van der Waals surface area contributed by atoms with Crippen LogP contribution in [0.2, 0.25) is 0 Å². The molecule has 0 spiro atoms. The third kappa shape index (κ3) is 20.3. The van der Waals surface area contributed by atoms with E-state index in [1.807, 2.05) is 0 Å². The van der Waals surface area contributed by atoms with Gasteiger partial charge in [-0.1, -0.05) is 146 Å². The quantitative estimate of drug-likeness (QED) is 0.130. The van der Waals surface area contributed by atoms with Gasteiger partial charge in [0.05, 0.1) is 106 Å². The van der Waals surface area contributed by atoms with Crippen LogP contribution in [0.5, 0.6) is 46.0 Å². The Kier molecular flexibility index (Phi) is 30.0. The Labute approximate surface area is 661 Å². The molecule has 0 saturated carbocycles. The summed E-state index contributed by atoms with van der Waals surface area (Å²) < 4.78 is 105. The van der Waals surface area contributed by atoms with E-state index >= 15 is 0 Å². The van der Waals surface area contributed by atoms with Crippen LogP contribution in [0.4, 0.5) is 0 Å². The van der Waals surface area contributed by atoms with E-state index < -0.39 is 0 Å². The number of hydrogen-bond donors (Lipinski definition) is 0. The molecule has 14 rings (SSSR count). The van der Waals surface area contributed by atoms with E-state index in [-0.39, 0.29) is 103 Å². The zero-order valence-corrected chi connectivity index (χ0v) is 63.3. The molecule has 8 aromatic rings. The molecule has 504 valence electrons. The maximum atomic E-state index is 7.03. The fourth-order valence-corrected chi connectivity index (χ4v) is 13.4. The van der Waals surface area contributed by atoms with Crippen molar-refractivity contribution in [1.82, 2.24) is 0 Å². The Balaban J connectivity index is 0.00000486. The normalized spacial score (nSPS) is 17.5. The summed E-state index contributed by atoms with van der Waals surface area (Å²) in [6.45, 7) is 8.86. The number of ether oxygens (including phenoxy) is 16. The first-order valence-electron chi connectivity index (χ1n) is 34.2. The Morgan fingerprint density at radius 3 is 0.327 bits per heavy atom. The van der Waals surface area contributed by atoms with Gasteiger partial charge in [0.2, 0.25) is 0 Å². The molecule has 16 nitrogen and oxygen atoms in total. The second-order valence-corrected chi connectivity index (χ2v) is 24.3. The van der Waals surface area contributed by atoms with E-state index in [1.165, 1.54) is 0 Å². The number of fused-ring (bicyclic) bond motifs is 12. The van der Waals surface area contributed by atoms with E-state index in [1.54, 1.807) is 0 Å². The molecule has 18 heteroatoms. The second-order valence-electron chi connectivity index (χ2n) is 24.3. The zero-order chi connectivity index (χ0) is 64.8. The number of rotatable bonds is 0. The van der Waals surface area contributed by atoms with Crippen molar-refractivity contribution in [2.75, 3.05) is 159 Å². The van der Waals surface area contributed by atoms with Crippen LogP contribution in [0.1, 0.15) is 89.0 Å². The number of para-hydroxylation sites is 8. The average molecular weight is 1380 g/mol. The molecule has 2 aliphatic carbocycles.